The number of carbonyl (C=O) groups excluding carboxylic acids is 2. The number of halogens is 7. The van der Waals surface area contributed by atoms with Crippen LogP contribution in [0.1, 0.15) is 57.4 Å². The monoisotopic (exact) mass is 850 g/mol. The smallest absolute Gasteiger partial charge is 0.460 e. The van der Waals surface area contributed by atoms with Crippen LogP contribution in [0.25, 0.3) is 0 Å². The lowest BCUT2D eigenvalue weighted by Gasteiger charge is -2.60. The Morgan fingerprint density at radius 2 is 1.65 bits per heavy atom. The Balaban J connectivity index is 1.41. The fourth-order valence-corrected chi connectivity index (χ4v) is 9.07. The molecule has 12 nitrogen and oxygen atoms in total. The average Bonchev–Trinajstić information content (AvgIpc) is 3.70. The summed E-state index contributed by atoms with van der Waals surface area (Å²) in [7, 11) is 4.67. The Labute approximate surface area is 340 Å². The van der Waals surface area contributed by atoms with Crippen molar-refractivity contribution in [1.29, 1.82) is 5.26 Å². The fraction of sp³-hybridized carbons (Fsp3) is 0.488. The van der Waals surface area contributed by atoms with Crippen molar-refractivity contribution in [2.75, 3.05) is 41.4 Å². The summed E-state index contributed by atoms with van der Waals surface area (Å²) < 4.78 is 132. The number of hydrogen-bond donors (Lipinski definition) is 1. The molecule has 0 saturated carbocycles. The highest BCUT2D eigenvalue weighted by Gasteiger charge is 2.77. The average molecular weight is 851 g/mol. The van der Waals surface area contributed by atoms with Crippen molar-refractivity contribution in [2.45, 2.75) is 87.8 Å². The molecule has 5 atom stereocenters. The van der Waals surface area contributed by atoms with E-state index >= 15 is 0 Å². The van der Waals surface area contributed by atoms with Gasteiger partial charge in [0.2, 0.25) is 12.7 Å². The molecule has 1 saturated heterocycles. The summed E-state index contributed by atoms with van der Waals surface area (Å²) in [4.78, 5) is 30.3. The molecule has 1 N–H and O–H groups in total. The van der Waals surface area contributed by atoms with Gasteiger partial charge in [-0.3, -0.25) is 14.6 Å². The zero-order chi connectivity index (χ0) is 43.5. The summed E-state index contributed by atoms with van der Waals surface area (Å²) in [5.74, 6) is -16.9. The second-order valence-corrected chi connectivity index (χ2v) is 15.1. The molecule has 1 amide bonds. The van der Waals surface area contributed by atoms with Crippen molar-refractivity contribution in [2.24, 2.45) is 0 Å². The molecule has 19 heteroatoms. The molecule has 3 aromatic rings. The maximum atomic E-state index is 15.0. The molecule has 0 aliphatic carbocycles. The number of amides is 1. The Hall–Kier alpha value is -5.32. The minimum atomic E-state index is -6.81. The Kier molecular flexibility index (Phi) is 11.4. The molecular weight excluding hydrogens is 809 g/mol. The quantitative estimate of drug-likeness (QED) is 0.0957. The van der Waals surface area contributed by atoms with E-state index in [-0.39, 0.29) is 54.4 Å². The third-order valence-corrected chi connectivity index (χ3v) is 11.7. The van der Waals surface area contributed by atoms with Crippen LogP contribution in [0.2, 0.25) is 0 Å². The predicted molar refractivity (Wildman–Crippen MR) is 196 cm³/mol. The second-order valence-electron chi connectivity index (χ2n) is 15.1. The number of alkyl halides is 7. The molecule has 1 unspecified atom stereocenters. The van der Waals surface area contributed by atoms with Gasteiger partial charge in [0.15, 0.2) is 29.8 Å². The Bertz CT molecular complexity index is 2220. The minimum Gasteiger partial charge on any atom is -0.493 e. The van der Waals surface area contributed by atoms with Crippen LogP contribution in [0, 0.1) is 25.2 Å². The highest BCUT2D eigenvalue weighted by atomic mass is 19.4. The van der Waals surface area contributed by atoms with Gasteiger partial charge in [-0.2, -0.15) is 36.0 Å². The van der Waals surface area contributed by atoms with Crippen LogP contribution in [-0.2, 0) is 33.6 Å². The standard InChI is InChI=1S/C41H41F7N4O8/c1-20-13-23-14-25-27(16-49)52-26(32(51(25)3)30(23)36(33(20)56-5)57-18-55-4)15-24-31(28(52)17-50-29(53)12-11-22-9-7-6-8-10-22)37-35(58-19-59-37)21(2)34(24)60-38(54)39(42,43)40(44,45)41(46,47)48/h6-10,13,25-28,32H,11-12,14-15,17-19H2,1-5H3,(H,50,53)/t25-,26?,27-,28-,32+/m0/s1. The first-order valence-electron chi connectivity index (χ1n) is 18.9. The van der Waals surface area contributed by atoms with Crippen molar-refractivity contribution in [3.63, 3.8) is 0 Å². The van der Waals surface area contributed by atoms with Gasteiger partial charge < -0.3 is 33.7 Å². The molecule has 4 heterocycles. The number of nitrogens with one attached hydrogen (secondary N) is 1. The molecular formula is C41H41F7N4O8. The van der Waals surface area contributed by atoms with E-state index in [2.05, 4.69) is 11.4 Å². The van der Waals surface area contributed by atoms with Gasteiger partial charge in [-0.15, -0.1) is 0 Å². The van der Waals surface area contributed by atoms with Crippen LogP contribution in [-0.4, -0.2) is 99.2 Å². The van der Waals surface area contributed by atoms with Crippen molar-refractivity contribution < 1.29 is 68.7 Å². The molecule has 2 bridgehead atoms. The maximum absolute atomic E-state index is 15.0. The van der Waals surface area contributed by atoms with Crippen LogP contribution < -0.4 is 29.0 Å². The van der Waals surface area contributed by atoms with Gasteiger partial charge in [-0.1, -0.05) is 36.4 Å². The number of piperazine rings is 1. The third kappa shape index (κ3) is 6.91. The van der Waals surface area contributed by atoms with E-state index in [1.165, 1.54) is 21.1 Å². The summed E-state index contributed by atoms with van der Waals surface area (Å²) >= 11 is 0. The topological polar surface area (TPSA) is 132 Å². The number of esters is 1. The molecule has 322 valence electrons. The lowest BCUT2D eigenvalue weighted by molar-refractivity contribution is -0.346. The number of nitriles is 1. The van der Waals surface area contributed by atoms with E-state index in [4.69, 9.17) is 28.4 Å². The summed E-state index contributed by atoms with van der Waals surface area (Å²) in [6.45, 7) is 2.22. The first-order valence-corrected chi connectivity index (χ1v) is 18.9. The molecule has 60 heavy (non-hydrogen) atoms. The lowest BCUT2D eigenvalue weighted by Crippen LogP contribution is -2.68. The number of likely N-dealkylation sites (N-methyl/N-ethyl adjacent to an activating group) is 1. The SMILES string of the molecule is COCOc1c(OC)c(C)cc2c1[C@H]1C3Cc4c(OC(=O)C(F)(F)C(F)(F)C(F)(F)F)c(C)c5c(c4[C@H](CNC(=O)CCc4ccccc4)N3[C@@H](C#N)[C@H](C2)N1C)OCO5. The first-order chi connectivity index (χ1) is 28.4. The number of hydrogen-bond acceptors (Lipinski definition) is 11. The number of rotatable bonds is 12. The maximum Gasteiger partial charge on any atom is 0.460 e. The normalized spacial score (nSPS) is 22.2. The third-order valence-electron chi connectivity index (χ3n) is 11.7. The van der Waals surface area contributed by atoms with Crippen molar-refractivity contribution >= 4 is 11.9 Å². The number of benzene rings is 3. The number of ether oxygens (including phenoxy) is 6. The molecule has 7 rings (SSSR count). The summed E-state index contributed by atoms with van der Waals surface area (Å²) in [6.07, 6.45) is -6.30. The van der Waals surface area contributed by atoms with E-state index in [0.29, 0.717) is 29.9 Å². The second kappa shape index (κ2) is 15.9. The van der Waals surface area contributed by atoms with Gasteiger partial charge in [0.25, 0.3) is 0 Å². The van der Waals surface area contributed by atoms with Gasteiger partial charge in [-0.25, -0.2) is 4.79 Å². The first kappa shape index (κ1) is 42.8. The number of nitrogens with zero attached hydrogens (tertiary/aromatic N) is 3. The van der Waals surface area contributed by atoms with Crippen LogP contribution in [0.15, 0.2) is 36.4 Å². The Morgan fingerprint density at radius 3 is 2.30 bits per heavy atom. The molecule has 3 aromatic carbocycles. The highest BCUT2D eigenvalue weighted by molar-refractivity contribution is 5.83. The van der Waals surface area contributed by atoms with Crippen LogP contribution in [0.3, 0.4) is 0 Å². The van der Waals surface area contributed by atoms with Gasteiger partial charge in [0.05, 0.1) is 25.3 Å². The summed E-state index contributed by atoms with van der Waals surface area (Å²) in [6, 6.07) is 9.49. The highest BCUT2D eigenvalue weighted by Crippen LogP contribution is 2.59. The van der Waals surface area contributed by atoms with E-state index in [1.54, 1.807) is 7.05 Å². The number of aryl methyl sites for hydroxylation is 2. The zero-order valence-electron chi connectivity index (χ0n) is 33.1. The van der Waals surface area contributed by atoms with Crippen LogP contribution >= 0.6 is 0 Å². The van der Waals surface area contributed by atoms with Crippen molar-refractivity contribution in [3.05, 3.63) is 75.3 Å². The summed E-state index contributed by atoms with van der Waals surface area (Å²) in [5, 5.41) is 13.9. The van der Waals surface area contributed by atoms with Crippen molar-refractivity contribution in [1.82, 2.24) is 15.1 Å². The van der Waals surface area contributed by atoms with E-state index < -0.39 is 72.6 Å². The lowest BCUT2D eigenvalue weighted by atomic mass is 9.71. The van der Waals surface area contributed by atoms with Gasteiger partial charge in [-0.05, 0) is 56.8 Å². The summed E-state index contributed by atoms with van der Waals surface area (Å²) in [5.41, 5.74) is 2.89. The molecule has 0 aromatic heterocycles. The number of methoxy groups -OCH3 is 2. The minimum absolute atomic E-state index is 0.0410. The van der Waals surface area contributed by atoms with Gasteiger partial charge in [0, 0.05) is 54.4 Å². The molecule has 1 fully saturated rings. The predicted octanol–water partition coefficient (Wildman–Crippen LogP) is 6.28. The molecule has 0 spiro atoms. The van der Waals surface area contributed by atoms with Crippen LogP contribution in [0.5, 0.6) is 28.7 Å². The van der Waals surface area contributed by atoms with Gasteiger partial charge in [0.1, 0.15) is 11.8 Å². The van der Waals surface area contributed by atoms with E-state index in [0.717, 1.165) is 16.7 Å². The molecule has 4 aliphatic heterocycles. The molecule has 4 aliphatic rings. The van der Waals surface area contributed by atoms with E-state index in [9.17, 15) is 45.6 Å². The number of fused-ring (bicyclic) bond motifs is 9. The van der Waals surface area contributed by atoms with E-state index in [1.807, 2.05) is 53.1 Å². The largest absolute Gasteiger partial charge is 0.493 e. The van der Waals surface area contributed by atoms with Crippen molar-refractivity contribution in [3.8, 4) is 34.8 Å². The Morgan fingerprint density at radius 1 is 0.950 bits per heavy atom. The zero-order valence-corrected chi connectivity index (χ0v) is 33.1. The van der Waals surface area contributed by atoms with Crippen LogP contribution in [0.4, 0.5) is 30.7 Å². The number of carbonyl (C=O) groups is 2. The molecule has 0 radical (unpaired) electrons. The van der Waals surface area contributed by atoms with Gasteiger partial charge >= 0.3 is 24.0 Å². The fourth-order valence-electron chi connectivity index (χ4n) is 9.07.